The van der Waals surface area contributed by atoms with Gasteiger partial charge in [0.05, 0.1) is 0 Å². The van der Waals surface area contributed by atoms with Crippen molar-refractivity contribution < 1.29 is 4.79 Å². The van der Waals surface area contributed by atoms with Crippen LogP contribution in [0.3, 0.4) is 0 Å². The summed E-state index contributed by atoms with van der Waals surface area (Å²) >= 11 is 0. The standard InChI is InChI=1S/C22H34N8O/c1-6-24-19(31)16-8-7-15(4)18(11-16)26-21-27-20(25-17-9-10-23-12-17)28-22(29-21)30(5)13-14(2)3/h7-8,11,14,17,23H,6,9-10,12-13H2,1-5H3,(H,24,31)(H2,25,26,27,28,29)/t17-/m0/s1. The number of amides is 1. The van der Waals surface area contributed by atoms with Gasteiger partial charge < -0.3 is 26.2 Å². The lowest BCUT2D eigenvalue weighted by Crippen LogP contribution is -2.27. The Morgan fingerprint density at radius 3 is 2.71 bits per heavy atom. The van der Waals surface area contributed by atoms with Crippen LogP contribution in [0.5, 0.6) is 0 Å². The minimum atomic E-state index is -0.102. The highest BCUT2D eigenvalue weighted by Crippen LogP contribution is 2.23. The highest BCUT2D eigenvalue weighted by atomic mass is 16.1. The van der Waals surface area contributed by atoms with E-state index in [0.717, 1.165) is 37.3 Å². The number of aryl methyl sites for hydroxylation is 1. The van der Waals surface area contributed by atoms with Gasteiger partial charge in [-0.15, -0.1) is 0 Å². The van der Waals surface area contributed by atoms with Gasteiger partial charge in [0.25, 0.3) is 5.91 Å². The molecule has 0 bridgehead atoms. The van der Waals surface area contributed by atoms with E-state index in [1.54, 1.807) is 0 Å². The molecule has 0 spiro atoms. The van der Waals surface area contributed by atoms with E-state index in [4.69, 9.17) is 0 Å². The second-order valence-electron chi connectivity index (χ2n) is 8.41. The molecule has 1 aliphatic heterocycles. The van der Waals surface area contributed by atoms with Crippen LogP contribution in [0.1, 0.15) is 43.1 Å². The van der Waals surface area contributed by atoms with E-state index in [1.165, 1.54) is 0 Å². The lowest BCUT2D eigenvalue weighted by Gasteiger charge is -2.21. The van der Waals surface area contributed by atoms with Crippen LogP contribution in [-0.4, -0.2) is 60.1 Å². The molecule has 9 heteroatoms. The number of anilines is 4. The molecule has 1 fully saturated rings. The zero-order chi connectivity index (χ0) is 22.4. The first-order valence-electron chi connectivity index (χ1n) is 11.0. The summed E-state index contributed by atoms with van der Waals surface area (Å²) in [6, 6.07) is 5.86. The maximum Gasteiger partial charge on any atom is 0.251 e. The number of nitrogens with zero attached hydrogens (tertiary/aromatic N) is 4. The van der Waals surface area contributed by atoms with Crippen LogP contribution in [0.25, 0.3) is 0 Å². The zero-order valence-electron chi connectivity index (χ0n) is 19.1. The second-order valence-corrected chi connectivity index (χ2v) is 8.41. The summed E-state index contributed by atoms with van der Waals surface area (Å²) < 4.78 is 0. The molecule has 2 heterocycles. The Labute approximate surface area is 184 Å². The topological polar surface area (TPSA) is 107 Å². The van der Waals surface area contributed by atoms with Crippen molar-refractivity contribution in [2.75, 3.05) is 48.8 Å². The molecule has 168 valence electrons. The minimum absolute atomic E-state index is 0.102. The molecule has 0 saturated carbocycles. The molecule has 3 rings (SSSR count). The lowest BCUT2D eigenvalue weighted by atomic mass is 10.1. The fourth-order valence-electron chi connectivity index (χ4n) is 3.53. The molecule has 0 radical (unpaired) electrons. The monoisotopic (exact) mass is 426 g/mol. The molecule has 4 N–H and O–H groups in total. The van der Waals surface area contributed by atoms with Gasteiger partial charge in [-0.25, -0.2) is 0 Å². The molecule has 1 atom stereocenters. The first-order valence-corrected chi connectivity index (χ1v) is 11.0. The molecule has 2 aromatic rings. The molecule has 1 aromatic carbocycles. The quantitative estimate of drug-likeness (QED) is 0.485. The Hall–Kier alpha value is -2.94. The van der Waals surface area contributed by atoms with Crippen LogP contribution in [-0.2, 0) is 0 Å². The molecule has 31 heavy (non-hydrogen) atoms. The van der Waals surface area contributed by atoms with Crippen molar-refractivity contribution in [1.82, 2.24) is 25.6 Å². The average molecular weight is 427 g/mol. The smallest absolute Gasteiger partial charge is 0.251 e. The van der Waals surface area contributed by atoms with Gasteiger partial charge in [-0.3, -0.25) is 4.79 Å². The van der Waals surface area contributed by atoms with Gasteiger partial charge in [-0.05, 0) is 50.4 Å². The second kappa shape index (κ2) is 10.4. The zero-order valence-corrected chi connectivity index (χ0v) is 19.1. The van der Waals surface area contributed by atoms with Crippen molar-refractivity contribution in [1.29, 1.82) is 0 Å². The minimum Gasteiger partial charge on any atom is -0.352 e. The number of carbonyl (C=O) groups is 1. The largest absolute Gasteiger partial charge is 0.352 e. The highest BCUT2D eigenvalue weighted by Gasteiger charge is 2.18. The predicted octanol–water partition coefficient (Wildman–Crippen LogP) is 2.54. The highest BCUT2D eigenvalue weighted by molar-refractivity contribution is 5.95. The van der Waals surface area contributed by atoms with E-state index < -0.39 is 0 Å². The normalized spacial score (nSPS) is 15.7. The molecule has 0 unspecified atom stereocenters. The van der Waals surface area contributed by atoms with Crippen LogP contribution in [0.2, 0.25) is 0 Å². The van der Waals surface area contributed by atoms with Gasteiger partial charge in [0, 0.05) is 44.0 Å². The van der Waals surface area contributed by atoms with E-state index in [-0.39, 0.29) is 5.91 Å². The summed E-state index contributed by atoms with van der Waals surface area (Å²) in [6.07, 6.45) is 1.03. The van der Waals surface area contributed by atoms with E-state index in [0.29, 0.717) is 41.9 Å². The van der Waals surface area contributed by atoms with Crippen molar-refractivity contribution >= 4 is 29.4 Å². The Morgan fingerprint density at radius 2 is 2.03 bits per heavy atom. The fraction of sp³-hybridized carbons (Fsp3) is 0.545. The van der Waals surface area contributed by atoms with Crippen LogP contribution in [0.15, 0.2) is 18.2 Å². The van der Waals surface area contributed by atoms with Crippen LogP contribution >= 0.6 is 0 Å². The average Bonchev–Trinajstić information content (AvgIpc) is 3.22. The molecule has 9 nitrogen and oxygen atoms in total. The molecule has 1 saturated heterocycles. The van der Waals surface area contributed by atoms with E-state index in [9.17, 15) is 4.79 Å². The number of benzene rings is 1. The molecular formula is C22H34N8O. The Morgan fingerprint density at radius 1 is 1.26 bits per heavy atom. The molecule has 1 amide bonds. The summed E-state index contributed by atoms with van der Waals surface area (Å²) in [4.78, 5) is 28.2. The molecule has 0 aliphatic carbocycles. The Kier molecular flexibility index (Phi) is 7.62. The van der Waals surface area contributed by atoms with Gasteiger partial charge in [0.1, 0.15) is 0 Å². The predicted molar refractivity (Wildman–Crippen MR) is 125 cm³/mol. The summed E-state index contributed by atoms with van der Waals surface area (Å²) in [6.45, 7) is 11.5. The molecular weight excluding hydrogens is 392 g/mol. The first-order chi connectivity index (χ1) is 14.9. The van der Waals surface area contributed by atoms with Crippen molar-refractivity contribution in [2.45, 2.75) is 40.2 Å². The van der Waals surface area contributed by atoms with Crippen LogP contribution in [0.4, 0.5) is 23.5 Å². The van der Waals surface area contributed by atoms with Crippen molar-refractivity contribution in [3.05, 3.63) is 29.3 Å². The van der Waals surface area contributed by atoms with Gasteiger partial charge >= 0.3 is 0 Å². The van der Waals surface area contributed by atoms with Gasteiger partial charge in [-0.2, -0.15) is 15.0 Å². The maximum absolute atomic E-state index is 12.3. The lowest BCUT2D eigenvalue weighted by molar-refractivity contribution is 0.0956. The number of rotatable bonds is 9. The number of nitrogens with one attached hydrogen (secondary N) is 4. The van der Waals surface area contributed by atoms with Crippen molar-refractivity contribution in [3.8, 4) is 0 Å². The van der Waals surface area contributed by atoms with E-state index in [2.05, 4.69) is 50.1 Å². The van der Waals surface area contributed by atoms with Gasteiger partial charge in [0.2, 0.25) is 17.8 Å². The van der Waals surface area contributed by atoms with Gasteiger partial charge in [0.15, 0.2) is 0 Å². The summed E-state index contributed by atoms with van der Waals surface area (Å²) in [5.41, 5.74) is 2.39. The van der Waals surface area contributed by atoms with E-state index in [1.807, 2.05) is 44.0 Å². The Balaban J connectivity index is 1.89. The third-order valence-corrected chi connectivity index (χ3v) is 5.08. The van der Waals surface area contributed by atoms with Crippen LogP contribution in [0, 0.1) is 12.8 Å². The van der Waals surface area contributed by atoms with E-state index >= 15 is 0 Å². The third kappa shape index (κ3) is 6.27. The van der Waals surface area contributed by atoms with Crippen molar-refractivity contribution in [3.63, 3.8) is 0 Å². The number of carbonyl (C=O) groups excluding carboxylic acids is 1. The van der Waals surface area contributed by atoms with Crippen LogP contribution < -0.4 is 26.2 Å². The maximum atomic E-state index is 12.3. The fourth-order valence-corrected chi connectivity index (χ4v) is 3.53. The van der Waals surface area contributed by atoms with Crippen molar-refractivity contribution in [2.24, 2.45) is 5.92 Å². The number of hydrogen-bond acceptors (Lipinski definition) is 8. The summed E-state index contributed by atoms with van der Waals surface area (Å²) in [5.74, 6) is 1.98. The number of aromatic nitrogens is 3. The Bertz CT molecular complexity index is 895. The summed E-state index contributed by atoms with van der Waals surface area (Å²) in [7, 11) is 1.99. The number of hydrogen-bond donors (Lipinski definition) is 4. The molecule has 1 aliphatic rings. The first kappa shape index (κ1) is 22.7. The molecule has 1 aromatic heterocycles. The summed E-state index contributed by atoms with van der Waals surface area (Å²) in [5, 5.41) is 12.9. The third-order valence-electron chi connectivity index (χ3n) is 5.08. The SMILES string of the molecule is CCNC(=O)c1ccc(C)c(Nc2nc(N[C@H]3CCNC3)nc(N(C)CC(C)C)n2)c1. The van der Waals surface area contributed by atoms with Gasteiger partial charge in [-0.1, -0.05) is 19.9 Å².